The van der Waals surface area contributed by atoms with Gasteiger partial charge in [0.2, 0.25) is 5.91 Å². The monoisotopic (exact) mass is 434 g/mol. The Hall–Kier alpha value is -3.35. The second kappa shape index (κ2) is 9.85. The van der Waals surface area contributed by atoms with Crippen LogP contribution < -0.4 is 19.7 Å². The molecule has 168 valence electrons. The summed E-state index contributed by atoms with van der Waals surface area (Å²) in [6.45, 7) is 6.01. The topological polar surface area (TPSA) is 76.6 Å². The first-order valence-electron chi connectivity index (χ1n) is 11.2. The fourth-order valence-corrected chi connectivity index (χ4v) is 4.01. The molecule has 7 heteroatoms. The molecule has 0 bridgehead atoms. The molecule has 1 N–H and O–H groups in total. The maximum Gasteiger partial charge on any atom is 0.258 e. The van der Waals surface area contributed by atoms with Gasteiger partial charge in [0.05, 0.1) is 36.4 Å². The van der Waals surface area contributed by atoms with Gasteiger partial charge >= 0.3 is 0 Å². The minimum atomic E-state index is -0.165. The zero-order valence-corrected chi connectivity index (χ0v) is 18.9. The molecule has 1 aromatic heterocycles. The van der Waals surface area contributed by atoms with Crippen molar-refractivity contribution in [1.29, 1.82) is 0 Å². The lowest BCUT2D eigenvalue weighted by Crippen LogP contribution is -2.41. The number of hydrogen-bond acceptors (Lipinski definition) is 6. The molecule has 0 saturated carbocycles. The molecule has 1 aliphatic heterocycles. The van der Waals surface area contributed by atoms with Gasteiger partial charge in [-0.15, -0.1) is 0 Å². The lowest BCUT2D eigenvalue weighted by molar-refractivity contribution is -0.120. The van der Waals surface area contributed by atoms with E-state index in [9.17, 15) is 4.79 Å². The molecule has 32 heavy (non-hydrogen) atoms. The molecule has 0 spiro atoms. The molecule has 1 fully saturated rings. The maximum atomic E-state index is 13.1. The number of piperidine rings is 1. The standard InChI is InChI=1S/C25H30N4O3/c1-4-14-32-25-23(26-19-9-5-6-10-20(19)28-25)29-13-7-8-18(16-29)24(30)27-21-15-17(2)11-12-22(21)31-3/h5-6,9-12,15,18H,4,7-8,13-14,16H2,1-3H3,(H,27,30)/t18-/m0/s1. The number of amides is 1. The van der Waals surface area contributed by atoms with Gasteiger partial charge in [-0.3, -0.25) is 4.79 Å². The van der Waals surface area contributed by atoms with Crippen molar-refractivity contribution in [3.8, 4) is 11.6 Å². The Morgan fingerprint density at radius 2 is 1.97 bits per heavy atom. The molecule has 0 unspecified atom stereocenters. The predicted octanol–water partition coefficient (Wildman–Crippen LogP) is 4.59. The molecule has 7 nitrogen and oxygen atoms in total. The van der Waals surface area contributed by atoms with E-state index in [-0.39, 0.29) is 11.8 Å². The first-order chi connectivity index (χ1) is 15.6. The van der Waals surface area contributed by atoms with Crippen molar-refractivity contribution in [2.45, 2.75) is 33.1 Å². The van der Waals surface area contributed by atoms with Crippen LogP contribution in [0.1, 0.15) is 31.7 Å². The van der Waals surface area contributed by atoms with Crippen LogP contribution in [0.3, 0.4) is 0 Å². The van der Waals surface area contributed by atoms with Gasteiger partial charge in [0, 0.05) is 13.1 Å². The van der Waals surface area contributed by atoms with E-state index in [0.717, 1.165) is 42.4 Å². The molecule has 1 aliphatic rings. The molecule has 3 aromatic rings. The van der Waals surface area contributed by atoms with Gasteiger partial charge in [-0.1, -0.05) is 25.1 Å². The summed E-state index contributed by atoms with van der Waals surface area (Å²) < 4.78 is 11.4. The number of aryl methyl sites for hydroxylation is 1. The fraction of sp³-hybridized carbons (Fsp3) is 0.400. The quantitative estimate of drug-likeness (QED) is 0.586. The lowest BCUT2D eigenvalue weighted by atomic mass is 9.97. The highest BCUT2D eigenvalue weighted by Crippen LogP contribution is 2.32. The second-order valence-electron chi connectivity index (χ2n) is 8.17. The van der Waals surface area contributed by atoms with Crippen LogP contribution in [0.4, 0.5) is 11.5 Å². The number of fused-ring (bicyclic) bond motifs is 1. The highest BCUT2D eigenvalue weighted by atomic mass is 16.5. The summed E-state index contributed by atoms with van der Waals surface area (Å²) in [6, 6.07) is 13.6. The summed E-state index contributed by atoms with van der Waals surface area (Å²) in [4.78, 5) is 24.8. The number of hydrogen-bond donors (Lipinski definition) is 1. The summed E-state index contributed by atoms with van der Waals surface area (Å²) in [6.07, 6.45) is 2.60. The summed E-state index contributed by atoms with van der Waals surface area (Å²) in [7, 11) is 1.61. The summed E-state index contributed by atoms with van der Waals surface area (Å²) in [5.41, 5.74) is 3.39. The molecule has 1 saturated heterocycles. The smallest absolute Gasteiger partial charge is 0.258 e. The minimum absolute atomic E-state index is 0.0108. The van der Waals surface area contributed by atoms with E-state index in [0.29, 0.717) is 36.3 Å². The molecule has 1 atom stereocenters. The van der Waals surface area contributed by atoms with Gasteiger partial charge in [0.1, 0.15) is 5.75 Å². The van der Waals surface area contributed by atoms with Crippen LogP contribution >= 0.6 is 0 Å². The zero-order valence-electron chi connectivity index (χ0n) is 18.9. The van der Waals surface area contributed by atoms with E-state index < -0.39 is 0 Å². The third-order valence-corrected chi connectivity index (χ3v) is 5.67. The number of anilines is 2. The number of nitrogens with one attached hydrogen (secondary N) is 1. The molecule has 1 amide bonds. The number of methoxy groups -OCH3 is 1. The summed E-state index contributed by atoms with van der Waals surface area (Å²) in [5, 5.41) is 3.06. The van der Waals surface area contributed by atoms with E-state index in [1.54, 1.807) is 7.11 Å². The number of rotatable bonds is 7. The van der Waals surface area contributed by atoms with Crippen molar-refractivity contribution in [1.82, 2.24) is 9.97 Å². The number of aromatic nitrogens is 2. The largest absolute Gasteiger partial charge is 0.495 e. The van der Waals surface area contributed by atoms with Crippen LogP contribution in [0, 0.1) is 12.8 Å². The first kappa shape index (κ1) is 21.9. The van der Waals surface area contributed by atoms with E-state index in [4.69, 9.17) is 19.4 Å². The van der Waals surface area contributed by atoms with Gasteiger partial charge in [-0.2, -0.15) is 0 Å². The van der Waals surface area contributed by atoms with Gasteiger partial charge < -0.3 is 19.7 Å². The van der Waals surface area contributed by atoms with Crippen molar-refractivity contribution >= 4 is 28.4 Å². The number of para-hydroxylation sites is 2. The number of ether oxygens (including phenoxy) is 2. The predicted molar refractivity (Wildman–Crippen MR) is 127 cm³/mol. The Bertz CT molecular complexity index is 1100. The minimum Gasteiger partial charge on any atom is -0.495 e. The molecule has 0 aliphatic carbocycles. The van der Waals surface area contributed by atoms with Crippen LogP contribution in [0.15, 0.2) is 42.5 Å². The van der Waals surface area contributed by atoms with Crippen molar-refractivity contribution in [2.24, 2.45) is 5.92 Å². The van der Waals surface area contributed by atoms with Crippen LogP contribution in [-0.4, -0.2) is 42.7 Å². The first-order valence-corrected chi connectivity index (χ1v) is 11.2. The Morgan fingerprint density at radius 1 is 1.19 bits per heavy atom. The Balaban J connectivity index is 1.56. The van der Waals surface area contributed by atoms with Gasteiger partial charge in [-0.25, -0.2) is 9.97 Å². The van der Waals surface area contributed by atoms with Crippen molar-refractivity contribution in [3.05, 3.63) is 48.0 Å². The lowest BCUT2D eigenvalue weighted by Gasteiger charge is -2.33. The Kier molecular flexibility index (Phi) is 6.73. The SMILES string of the molecule is CCCOc1nc2ccccc2nc1N1CCC[C@H](C(=O)Nc2cc(C)ccc2OC)C1. The highest BCUT2D eigenvalue weighted by molar-refractivity contribution is 5.94. The fourth-order valence-electron chi connectivity index (χ4n) is 4.01. The van der Waals surface area contributed by atoms with Crippen LogP contribution in [0.2, 0.25) is 0 Å². The molecule has 2 heterocycles. The van der Waals surface area contributed by atoms with E-state index in [1.165, 1.54) is 0 Å². The average Bonchev–Trinajstić information content (AvgIpc) is 2.82. The number of carbonyl (C=O) groups excluding carboxylic acids is 1. The van der Waals surface area contributed by atoms with Gasteiger partial charge in [0.15, 0.2) is 5.82 Å². The van der Waals surface area contributed by atoms with E-state index in [1.807, 2.05) is 49.4 Å². The highest BCUT2D eigenvalue weighted by Gasteiger charge is 2.29. The number of benzene rings is 2. The summed E-state index contributed by atoms with van der Waals surface area (Å²) in [5.74, 6) is 1.73. The van der Waals surface area contributed by atoms with Crippen LogP contribution in [0.5, 0.6) is 11.6 Å². The average molecular weight is 435 g/mol. The number of carbonyl (C=O) groups is 1. The van der Waals surface area contributed by atoms with E-state index >= 15 is 0 Å². The normalized spacial score (nSPS) is 16.1. The molecular weight excluding hydrogens is 404 g/mol. The third-order valence-electron chi connectivity index (χ3n) is 5.67. The Labute approximate surface area is 188 Å². The molecule has 2 aromatic carbocycles. The molecular formula is C25H30N4O3. The van der Waals surface area contributed by atoms with Gasteiger partial charge in [0.25, 0.3) is 5.88 Å². The van der Waals surface area contributed by atoms with E-state index in [2.05, 4.69) is 17.1 Å². The zero-order chi connectivity index (χ0) is 22.5. The van der Waals surface area contributed by atoms with Crippen LogP contribution in [-0.2, 0) is 4.79 Å². The third kappa shape index (κ3) is 4.77. The summed E-state index contributed by atoms with van der Waals surface area (Å²) >= 11 is 0. The molecule has 4 rings (SSSR count). The van der Waals surface area contributed by atoms with Crippen molar-refractivity contribution < 1.29 is 14.3 Å². The van der Waals surface area contributed by atoms with Crippen LogP contribution in [0.25, 0.3) is 11.0 Å². The van der Waals surface area contributed by atoms with Crippen molar-refractivity contribution in [3.63, 3.8) is 0 Å². The second-order valence-corrected chi connectivity index (χ2v) is 8.17. The van der Waals surface area contributed by atoms with Gasteiger partial charge in [-0.05, 0) is 56.0 Å². The maximum absolute atomic E-state index is 13.1. The molecule has 0 radical (unpaired) electrons. The Morgan fingerprint density at radius 3 is 2.72 bits per heavy atom. The number of nitrogens with zero attached hydrogens (tertiary/aromatic N) is 3. The van der Waals surface area contributed by atoms with Crippen molar-refractivity contribution in [2.75, 3.05) is 37.0 Å².